The van der Waals surface area contributed by atoms with E-state index in [0.717, 1.165) is 6.42 Å². The van der Waals surface area contributed by atoms with Gasteiger partial charge in [0.15, 0.2) is 6.10 Å². The summed E-state index contributed by atoms with van der Waals surface area (Å²) in [6.45, 7) is 2.41. The average molecular weight is 171 g/mol. The van der Waals surface area contributed by atoms with Crippen LogP contribution in [0.4, 0.5) is 0 Å². The number of nitrogens with one attached hydrogen (secondary N) is 1. The molecule has 0 spiro atoms. The van der Waals surface area contributed by atoms with Crippen LogP contribution in [0.25, 0.3) is 0 Å². The first-order valence-corrected chi connectivity index (χ1v) is 4.21. The quantitative estimate of drug-likeness (QED) is 0.604. The van der Waals surface area contributed by atoms with E-state index in [2.05, 4.69) is 5.32 Å². The highest BCUT2D eigenvalue weighted by molar-refractivity contribution is 5.84. The smallest absolute Gasteiger partial charge is 0.306 e. The van der Waals surface area contributed by atoms with Crippen LogP contribution >= 0.6 is 0 Å². The number of cyclic esters (lactones) is 1. The minimum atomic E-state index is -0.550. The molecule has 0 unspecified atom stereocenters. The van der Waals surface area contributed by atoms with E-state index in [4.69, 9.17) is 4.74 Å². The van der Waals surface area contributed by atoms with Crippen molar-refractivity contribution >= 4 is 11.9 Å². The highest BCUT2D eigenvalue weighted by Gasteiger charge is 2.25. The van der Waals surface area contributed by atoms with Crippen LogP contribution in [0.15, 0.2) is 0 Å². The van der Waals surface area contributed by atoms with E-state index >= 15 is 0 Å². The van der Waals surface area contributed by atoms with Gasteiger partial charge in [0.1, 0.15) is 0 Å². The van der Waals surface area contributed by atoms with Crippen molar-refractivity contribution in [2.75, 3.05) is 6.54 Å². The Morgan fingerprint density at radius 1 is 1.75 bits per heavy atom. The number of likely N-dealkylation sites (N-methyl/N-ethyl adjacent to an activating group) is 1. The van der Waals surface area contributed by atoms with Crippen molar-refractivity contribution in [3.63, 3.8) is 0 Å². The first-order valence-electron chi connectivity index (χ1n) is 4.21. The van der Waals surface area contributed by atoms with Gasteiger partial charge in [0.25, 0.3) is 5.91 Å². The first kappa shape index (κ1) is 9.03. The molecule has 0 aliphatic carbocycles. The molecule has 4 nitrogen and oxygen atoms in total. The first-order chi connectivity index (χ1) is 5.74. The second kappa shape index (κ2) is 4.09. The molecule has 0 bridgehead atoms. The molecule has 1 aliphatic rings. The monoisotopic (exact) mass is 171 g/mol. The average Bonchev–Trinajstić information content (AvgIpc) is 2.05. The maximum atomic E-state index is 11.2. The van der Waals surface area contributed by atoms with Gasteiger partial charge in [0, 0.05) is 13.0 Å². The molecule has 1 fully saturated rings. The van der Waals surface area contributed by atoms with Gasteiger partial charge in [-0.25, -0.2) is 0 Å². The Labute approximate surface area is 71.3 Å². The van der Waals surface area contributed by atoms with E-state index in [1.165, 1.54) is 0 Å². The van der Waals surface area contributed by atoms with Gasteiger partial charge in [-0.2, -0.15) is 0 Å². The van der Waals surface area contributed by atoms with Gasteiger partial charge in [-0.15, -0.1) is 0 Å². The molecule has 4 heteroatoms. The number of amides is 1. The van der Waals surface area contributed by atoms with Gasteiger partial charge in [-0.3, -0.25) is 9.59 Å². The van der Waals surface area contributed by atoms with Crippen molar-refractivity contribution in [2.24, 2.45) is 0 Å². The van der Waals surface area contributed by atoms with Crippen LogP contribution in [-0.4, -0.2) is 24.5 Å². The number of carbonyl (C=O) groups excluding carboxylic acids is 2. The van der Waals surface area contributed by atoms with Crippen LogP contribution in [0, 0.1) is 0 Å². The normalized spacial score (nSPS) is 23.1. The molecule has 1 N–H and O–H groups in total. The zero-order valence-electron chi connectivity index (χ0n) is 7.13. The van der Waals surface area contributed by atoms with Crippen LogP contribution in [0.2, 0.25) is 0 Å². The zero-order valence-corrected chi connectivity index (χ0v) is 7.13. The van der Waals surface area contributed by atoms with Crippen molar-refractivity contribution in [3.8, 4) is 0 Å². The van der Waals surface area contributed by atoms with E-state index in [9.17, 15) is 9.59 Å². The number of esters is 1. The van der Waals surface area contributed by atoms with Crippen molar-refractivity contribution in [1.29, 1.82) is 0 Å². The molecule has 1 amide bonds. The van der Waals surface area contributed by atoms with Crippen LogP contribution in [0.3, 0.4) is 0 Å². The molecular weight excluding hydrogens is 158 g/mol. The highest BCUT2D eigenvalue weighted by atomic mass is 16.5. The molecule has 1 atom stereocenters. The van der Waals surface area contributed by atoms with E-state index in [1.807, 2.05) is 6.92 Å². The number of carbonyl (C=O) groups is 2. The summed E-state index contributed by atoms with van der Waals surface area (Å²) in [6.07, 6.45) is 1.29. The summed E-state index contributed by atoms with van der Waals surface area (Å²) in [4.78, 5) is 21.9. The summed E-state index contributed by atoms with van der Waals surface area (Å²) >= 11 is 0. The van der Waals surface area contributed by atoms with Gasteiger partial charge in [0.2, 0.25) is 0 Å². The highest BCUT2D eigenvalue weighted by Crippen LogP contribution is 2.13. The summed E-state index contributed by atoms with van der Waals surface area (Å²) < 4.78 is 4.85. The number of hydrogen-bond acceptors (Lipinski definition) is 3. The Bertz CT molecular complexity index is 191. The molecule has 12 heavy (non-hydrogen) atoms. The van der Waals surface area contributed by atoms with E-state index in [0.29, 0.717) is 19.4 Å². The molecule has 0 saturated carbocycles. The second-order valence-electron chi connectivity index (χ2n) is 2.77. The van der Waals surface area contributed by atoms with Gasteiger partial charge < -0.3 is 10.1 Å². The maximum Gasteiger partial charge on any atom is 0.306 e. The molecule has 0 aromatic heterocycles. The SMILES string of the molecule is CCNC(=O)[C@H]1CCCC(=O)O1. The second-order valence-corrected chi connectivity index (χ2v) is 2.77. The molecule has 68 valence electrons. The third-order valence-corrected chi connectivity index (χ3v) is 1.76. The number of hydrogen-bond donors (Lipinski definition) is 1. The molecular formula is C8H13NO3. The fourth-order valence-electron chi connectivity index (χ4n) is 1.18. The lowest BCUT2D eigenvalue weighted by Gasteiger charge is -2.20. The Morgan fingerprint density at radius 3 is 3.08 bits per heavy atom. The van der Waals surface area contributed by atoms with Crippen LogP contribution in [-0.2, 0) is 14.3 Å². The van der Waals surface area contributed by atoms with Gasteiger partial charge >= 0.3 is 5.97 Å². The fourth-order valence-corrected chi connectivity index (χ4v) is 1.18. The Balaban J connectivity index is 2.40. The maximum absolute atomic E-state index is 11.2. The van der Waals surface area contributed by atoms with Crippen LogP contribution in [0.1, 0.15) is 26.2 Å². The summed E-state index contributed by atoms with van der Waals surface area (Å²) in [5, 5.41) is 2.62. The summed E-state index contributed by atoms with van der Waals surface area (Å²) in [6, 6.07) is 0. The zero-order chi connectivity index (χ0) is 8.97. The summed E-state index contributed by atoms with van der Waals surface area (Å²) in [5.74, 6) is -0.442. The number of rotatable bonds is 2. The van der Waals surface area contributed by atoms with Gasteiger partial charge in [-0.1, -0.05) is 0 Å². The molecule has 1 rings (SSSR count). The summed E-state index contributed by atoms with van der Waals surface area (Å²) in [5.41, 5.74) is 0. The van der Waals surface area contributed by atoms with Crippen molar-refractivity contribution < 1.29 is 14.3 Å². The third kappa shape index (κ3) is 2.22. The minimum absolute atomic E-state index is 0.175. The number of ether oxygens (including phenoxy) is 1. The lowest BCUT2D eigenvalue weighted by atomic mass is 10.1. The lowest BCUT2D eigenvalue weighted by Crippen LogP contribution is -2.39. The Hall–Kier alpha value is -1.06. The lowest BCUT2D eigenvalue weighted by molar-refractivity contribution is -0.160. The molecule has 1 aliphatic heterocycles. The van der Waals surface area contributed by atoms with Gasteiger partial charge in [0.05, 0.1) is 0 Å². The predicted molar refractivity (Wildman–Crippen MR) is 42.4 cm³/mol. The molecule has 0 aromatic carbocycles. The predicted octanol–water partition coefficient (Wildman–Crippen LogP) is 0.218. The Morgan fingerprint density at radius 2 is 2.50 bits per heavy atom. The molecule has 1 heterocycles. The largest absolute Gasteiger partial charge is 0.452 e. The van der Waals surface area contributed by atoms with Crippen molar-refractivity contribution in [3.05, 3.63) is 0 Å². The topological polar surface area (TPSA) is 55.4 Å². The summed E-state index contributed by atoms with van der Waals surface area (Å²) in [7, 11) is 0. The van der Waals surface area contributed by atoms with E-state index in [1.54, 1.807) is 0 Å². The van der Waals surface area contributed by atoms with Crippen LogP contribution < -0.4 is 5.32 Å². The van der Waals surface area contributed by atoms with Crippen molar-refractivity contribution in [1.82, 2.24) is 5.32 Å². The van der Waals surface area contributed by atoms with Crippen molar-refractivity contribution in [2.45, 2.75) is 32.3 Å². The standard InChI is InChI=1S/C8H13NO3/c1-2-9-8(11)6-4-3-5-7(10)12-6/h6H,2-5H2,1H3,(H,9,11)/t6-/m1/s1. The molecule has 1 saturated heterocycles. The minimum Gasteiger partial charge on any atom is -0.452 e. The fraction of sp³-hybridized carbons (Fsp3) is 0.750. The van der Waals surface area contributed by atoms with Crippen LogP contribution in [0.5, 0.6) is 0 Å². The molecule has 0 radical (unpaired) electrons. The Kier molecular flexibility index (Phi) is 3.08. The van der Waals surface area contributed by atoms with Gasteiger partial charge in [-0.05, 0) is 19.8 Å². The molecule has 0 aromatic rings. The third-order valence-electron chi connectivity index (χ3n) is 1.76. The van der Waals surface area contributed by atoms with E-state index < -0.39 is 6.10 Å². The van der Waals surface area contributed by atoms with E-state index in [-0.39, 0.29) is 11.9 Å².